The van der Waals surface area contributed by atoms with Crippen LogP contribution in [0, 0.1) is 5.92 Å². The molecule has 3 heterocycles. The Morgan fingerprint density at radius 3 is 2.89 bits per heavy atom. The Morgan fingerprint density at radius 2 is 2.15 bits per heavy atom. The van der Waals surface area contributed by atoms with E-state index in [1.54, 1.807) is 11.3 Å². The average Bonchev–Trinajstić information content (AvgIpc) is 3.31. The van der Waals surface area contributed by atoms with Gasteiger partial charge in [0.2, 0.25) is 11.9 Å². The summed E-state index contributed by atoms with van der Waals surface area (Å²) in [6.45, 7) is 3.66. The summed E-state index contributed by atoms with van der Waals surface area (Å²) >= 11 is 1.56. The summed E-state index contributed by atoms with van der Waals surface area (Å²) in [7, 11) is 0. The number of hydrogen-bond donors (Lipinski definition) is 2. The fraction of sp³-hybridized carbons (Fsp3) is 0.368. The normalized spacial score (nSPS) is 13.6. The Bertz CT molecular complexity index is 1030. The summed E-state index contributed by atoms with van der Waals surface area (Å²) < 4.78 is 1.52. The number of hydrogen-bond acceptors (Lipinski definition) is 5. The van der Waals surface area contributed by atoms with Crippen molar-refractivity contribution in [3.8, 4) is 16.5 Å². The van der Waals surface area contributed by atoms with E-state index >= 15 is 0 Å². The van der Waals surface area contributed by atoms with Crippen molar-refractivity contribution in [2.24, 2.45) is 5.92 Å². The van der Waals surface area contributed by atoms with Crippen LogP contribution in [-0.4, -0.2) is 25.7 Å². The first-order valence-electron chi connectivity index (χ1n) is 9.10. The summed E-state index contributed by atoms with van der Waals surface area (Å²) in [5, 5.41) is 9.47. The molecule has 3 aromatic heterocycles. The maximum absolute atomic E-state index is 12.5. The van der Waals surface area contributed by atoms with Crippen molar-refractivity contribution in [2.75, 3.05) is 5.32 Å². The van der Waals surface area contributed by atoms with Gasteiger partial charge in [-0.2, -0.15) is 9.78 Å². The van der Waals surface area contributed by atoms with Gasteiger partial charge < -0.3 is 5.32 Å². The molecule has 0 aliphatic heterocycles. The van der Waals surface area contributed by atoms with Gasteiger partial charge in [-0.3, -0.25) is 14.6 Å². The largest absolute Gasteiger partial charge is 0.310 e. The molecular formula is C19H21N5O2S. The zero-order chi connectivity index (χ0) is 19.0. The zero-order valence-electron chi connectivity index (χ0n) is 15.3. The van der Waals surface area contributed by atoms with Crippen LogP contribution in [0.25, 0.3) is 16.5 Å². The maximum Gasteiger partial charge on any atom is 0.255 e. The Labute approximate surface area is 160 Å². The van der Waals surface area contributed by atoms with E-state index < -0.39 is 0 Å². The van der Waals surface area contributed by atoms with Gasteiger partial charge in [0.05, 0.1) is 10.6 Å². The molecule has 3 aromatic rings. The van der Waals surface area contributed by atoms with Crippen LogP contribution in [0.5, 0.6) is 0 Å². The minimum atomic E-state index is -0.172. The highest BCUT2D eigenvalue weighted by atomic mass is 32.1. The van der Waals surface area contributed by atoms with Crippen molar-refractivity contribution >= 4 is 23.1 Å². The van der Waals surface area contributed by atoms with Crippen LogP contribution >= 0.6 is 11.3 Å². The quantitative estimate of drug-likeness (QED) is 0.724. The highest BCUT2D eigenvalue weighted by molar-refractivity contribution is 7.13. The Balaban J connectivity index is 1.82. The SMILES string of the molecule is CC(C)C(=O)Nc1cc(-c2cccs2)nn1-c1nc2c(c(=O)[nH]1)CCCC2. The number of thiophene rings is 1. The van der Waals surface area contributed by atoms with Crippen molar-refractivity contribution in [1.82, 2.24) is 19.7 Å². The predicted octanol–water partition coefficient (Wildman–Crippen LogP) is 3.16. The van der Waals surface area contributed by atoms with Crippen molar-refractivity contribution in [3.63, 3.8) is 0 Å². The third-order valence-electron chi connectivity index (χ3n) is 4.64. The first-order valence-corrected chi connectivity index (χ1v) is 9.98. The molecule has 4 rings (SSSR count). The molecule has 1 amide bonds. The molecule has 0 bridgehead atoms. The smallest absolute Gasteiger partial charge is 0.255 e. The number of rotatable bonds is 4. The lowest BCUT2D eigenvalue weighted by atomic mass is 9.97. The van der Waals surface area contributed by atoms with Crippen LogP contribution in [0.4, 0.5) is 5.82 Å². The number of H-pyrrole nitrogens is 1. The molecule has 0 spiro atoms. The van der Waals surface area contributed by atoms with Gasteiger partial charge in [0.1, 0.15) is 11.5 Å². The summed E-state index contributed by atoms with van der Waals surface area (Å²) in [4.78, 5) is 33.2. The topological polar surface area (TPSA) is 92.7 Å². The van der Waals surface area contributed by atoms with Crippen LogP contribution in [0.15, 0.2) is 28.4 Å². The molecule has 0 atom stereocenters. The highest BCUT2D eigenvalue weighted by Crippen LogP contribution is 2.28. The Hall–Kier alpha value is -2.74. The minimum Gasteiger partial charge on any atom is -0.310 e. The second-order valence-corrected chi connectivity index (χ2v) is 7.92. The molecule has 0 radical (unpaired) electrons. The van der Waals surface area contributed by atoms with Crippen molar-refractivity contribution in [1.29, 1.82) is 0 Å². The van der Waals surface area contributed by atoms with Crippen LogP contribution in [0.3, 0.4) is 0 Å². The van der Waals surface area contributed by atoms with Gasteiger partial charge in [-0.15, -0.1) is 11.3 Å². The van der Waals surface area contributed by atoms with E-state index in [0.717, 1.165) is 47.5 Å². The third kappa shape index (κ3) is 3.44. The second kappa shape index (κ2) is 7.11. The molecule has 7 nitrogen and oxygen atoms in total. The maximum atomic E-state index is 12.5. The van der Waals surface area contributed by atoms with Gasteiger partial charge in [0, 0.05) is 17.5 Å². The minimum absolute atomic E-state index is 0.116. The number of carbonyl (C=O) groups is 1. The van der Waals surface area contributed by atoms with Crippen molar-refractivity contribution in [2.45, 2.75) is 39.5 Å². The fourth-order valence-corrected chi connectivity index (χ4v) is 3.82. The Morgan fingerprint density at radius 1 is 1.33 bits per heavy atom. The molecular weight excluding hydrogens is 362 g/mol. The molecule has 1 aliphatic carbocycles. The summed E-state index contributed by atoms with van der Waals surface area (Å²) in [6.07, 6.45) is 3.59. The zero-order valence-corrected chi connectivity index (χ0v) is 16.1. The van der Waals surface area contributed by atoms with Gasteiger partial charge in [-0.1, -0.05) is 19.9 Å². The lowest BCUT2D eigenvalue weighted by Gasteiger charge is -2.15. The van der Waals surface area contributed by atoms with Crippen LogP contribution < -0.4 is 10.9 Å². The number of aromatic amines is 1. The number of aromatic nitrogens is 4. The molecule has 0 unspecified atom stereocenters. The van der Waals surface area contributed by atoms with E-state index in [1.165, 1.54) is 4.68 Å². The van der Waals surface area contributed by atoms with Gasteiger partial charge in [-0.25, -0.2) is 4.98 Å². The van der Waals surface area contributed by atoms with Crippen molar-refractivity contribution in [3.05, 3.63) is 45.2 Å². The van der Waals surface area contributed by atoms with E-state index in [1.807, 2.05) is 37.4 Å². The van der Waals surface area contributed by atoms with Crippen molar-refractivity contribution < 1.29 is 4.79 Å². The number of amides is 1. The summed E-state index contributed by atoms with van der Waals surface area (Å²) in [5.74, 6) is 0.543. The van der Waals surface area contributed by atoms with Gasteiger partial charge in [-0.05, 0) is 37.1 Å². The van der Waals surface area contributed by atoms with E-state index in [9.17, 15) is 9.59 Å². The lowest BCUT2D eigenvalue weighted by molar-refractivity contribution is -0.118. The van der Waals surface area contributed by atoms with Crippen LogP contribution in [0.2, 0.25) is 0 Å². The fourth-order valence-electron chi connectivity index (χ4n) is 3.14. The van der Waals surface area contributed by atoms with Crippen LogP contribution in [-0.2, 0) is 17.6 Å². The van der Waals surface area contributed by atoms with Gasteiger partial charge >= 0.3 is 0 Å². The molecule has 0 saturated heterocycles. The first-order chi connectivity index (χ1) is 13.0. The number of aryl methyl sites for hydroxylation is 1. The van der Waals surface area contributed by atoms with Crippen LogP contribution in [0.1, 0.15) is 37.9 Å². The number of anilines is 1. The molecule has 0 saturated carbocycles. The molecule has 1 aliphatic rings. The Kier molecular flexibility index (Phi) is 4.65. The standard InChI is InChI=1S/C19H21N5O2S/c1-11(2)17(25)21-16-10-14(15-8-5-9-27-15)23-24(16)19-20-13-7-4-3-6-12(13)18(26)22-19/h5,8-11H,3-4,6-7H2,1-2H3,(H,21,25)(H,20,22,26). The molecule has 0 fully saturated rings. The third-order valence-corrected chi connectivity index (χ3v) is 5.53. The van der Waals surface area contributed by atoms with Gasteiger partial charge in [0.25, 0.3) is 5.56 Å². The predicted molar refractivity (Wildman–Crippen MR) is 105 cm³/mol. The molecule has 2 N–H and O–H groups in total. The monoisotopic (exact) mass is 383 g/mol. The summed E-state index contributed by atoms with van der Waals surface area (Å²) in [6, 6.07) is 5.73. The highest BCUT2D eigenvalue weighted by Gasteiger charge is 2.20. The van der Waals surface area contributed by atoms with E-state index in [2.05, 4.69) is 20.4 Å². The molecule has 140 valence electrons. The number of nitrogens with one attached hydrogen (secondary N) is 2. The number of nitrogens with zero attached hydrogens (tertiary/aromatic N) is 3. The van der Waals surface area contributed by atoms with E-state index in [-0.39, 0.29) is 17.4 Å². The van der Waals surface area contributed by atoms with Gasteiger partial charge in [0.15, 0.2) is 0 Å². The first kappa shape index (κ1) is 17.7. The summed E-state index contributed by atoms with van der Waals surface area (Å²) in [5.41, 5.74) is 2.20. The van der Waals surface area contributed by atoms with E-state index in [4.69, 9.17) is 0 Å². The molecule has 0 aromatic carbocycles. The molecule has 8 heteroatoms. The molecule has 27 heavy (non-hydrogen) atoms. The number of fused-ring (bicyclic) bond motifs is 1. The van der Waals surface area contributed by atoms with E-state index in [0.29, 0.717) is 11.8 Å². The second-order valence-electron chi connectivity index (χ2n) is 6.97. The number of carbonyl (C=O) groups excluding carboxylic acids is 1. The lowest BCUT2D eigenvalue weighted by Crippen LogP contribution is -2.25. The average molecular weight is 383 g/mol.